The number of nitrogens with zero attached hydrogens (tertiary/aromatic N) is 1. The van der Waals surface area contributed by atoms with Gasteiger partial charge in [-0.15, -0.1) is 0 Å². The van der Waals surface area contributed by atoms with E-state index in [1.807, 2.05) is 31.2 Å². The third-order valence-electron chi connectivity index (χ3n) is 2.49. The van der Waals surface area contributed by atoms with Gasteiger partial charge in [-0.05, 0) is 30.0 Å². The highest BCUT2D eigenvalue weighted by Gasteiger charge is 2.06. The van der Waals surface area contributed by atoms with Crippen LogP contribution in [-0.2, 0) is 6.42 Å². The van der Waals surface area contributed by atoms with Crippen molar-refractivity contribution in [1.29, 1.82) is 0 Å². The second kappa shape index (κ2) is 6.45. The summed E-state index contributed by atoms with van der Waals surface area (Å²) in [6.07, 6.45) is 4.05. The number of aromatic nitrogens is 1. The highest BCUT2D eigenvalue weighted by atomic mass is 32.2. The molecule has 0 atom stereocenters. The summed E-state index contributed by atoms with van der Waals surface area (Å²) in [6.45, 7) is 4.04. The van der Waals surface area contributed by atoms with Gasteiger partial charge in [0.2, 0.25) is 0 Å². The third kappa shape index (κ3) is 3.50. The van der Waals surface area contributed by atoms with Crippen molar-refractivity contribution >= 4 is 17.8 Å². The van der Waals surface area contributed by atoms with Crippen molar-refractivity contribution in [2.45, 2.75) is 31.6 Å². The van der Waals surface area contributed by atoms with Crippen molar-refractivity contribution in [1.82, 2.24) is 4.98 Å². The summed E-state index contributed by atoms with van der Waals surface area (Å²) in [4.78, 5) is 5.62. The van der Waals surface area contributed by atoms with Crippen LogP contribution in [-0.4, -0.2) is 4.98 Å². The Morgan fingerprint density at radius 1 is 1.28 bits per heavy atom. The van der Waals surface area contributed by atoms with Gasteiger partial charge in [0, 0.05) is 11.8 Å². The summed E-state index contributed by atoms with van der Waals surface area (Å²) in [5.41, 5.74) is 1.06. The van der Waals surface area contributed by atoms with E-state index in [0.29, 0.717) is 0 Å². The summed E-state index contributed by atoms with van der Waals surface area (Å²) >= 11 is 1.68. The second-order valence-corrected chi connectivity index (χ2v) is 5.01. The molecular formula is C15H17NOS. The summed E-state index contributed by atoms with van der Waals surface area (Å²) in [5, 5.41) is 2.05. The number of benzene rings is 1. The van der Waals surface area contributed by atoms with E-state index in [2.05, 4.69) is 29.4 Å². The largest absolute Gasteiger partial charge is 0.441 e. The second-order valence-electron chi connectivity index (χ2n) is 4.03. The average Bonchev–Trinajstić information content (AvgIpc) is 2.72. The van der Waals surface area contributed by atoms with Crippen LogP contribution in [0.3, 0.4) is 0 Å². The summed E-state index contributed by atoms with van der Waals surface area (Å²) < 4.78 is 5.59. The molecule has 0 aliphatic rings. The lowest BCUT2D eigenvalue weighted by molar-refractivity contribution is 0.512. The number of hydrogen-bond acceptors (Lipinski definition) is 3. The fourth-order valence-electron chi connectivity index (χ4n) is 1.71. The van der Waals surface area contributed by atoms with Crippen LogP contribution < -0.4 is 0 Å². The topological polar surface area (TPSA) is 26.0 Å². The number of aryl methyl sites for hydroxylation is 2. The van der Waals surface area contributed by atoms with Crippen LogP contribution in [0.25, 0.3) is 6.08 Å². The van der Waals surface area contributed by atoms with Gasteiger partial charge in [0.25, 0.3) is 0 Å². The Hall–Kier alpha value is -1.48. The molecule has 0 fully saturated rings. The summed E-state index contributed by atoms with van der Waals surface area (Å²) in [7, 11) is 0. The minimum atomic E-state index is 0.739. The highest BCUT2D eigenvalue weighted by Crippen LogP contribution is 2.21. The Kier molecular flexibility index (Phi) is 4.65. The molecule has 0 spiro atoms. The molecule has 94 valence electrons. The van der Waals surface area contributed by atoms with Gasteiger partial charge in [0.05, 0.1) is 5.69 Å². The van der Waals surface area contributed by atoms with E-state index in [1.165, 1.54) is 4.90 Å². The van der Waals surface area contributed by atoms with Crippen molar-refractivity contribution in [3.05, 3.63) is 53.1 Å². The first-order valence-corrected chi connectivity index (χ1v) is 7.02. The maximum absolute atomic E-state index is 5.59. The monoisotopic (exact) mass is 259 g/mol. The van der Waals surface area contributed by atoms with Gasteiger partial charge in [0.15, 0.2) is 11.7 Å². The van der Waals surface area contributed by atoms with E-state index in [0.717, 1.165) is 30.2 Å². The molecule has 3 heteroatoms. The maximum atomic E-state index is 5.59. The fraction of sp³-hybridized carbons (Fsp3) is 0.267. The molecule has 0 saturated carbocycles. The van der Waals surface area contributed by atoms with Gasteiger partial charge in [-0.25, -0.2) is 4.98 Å². The first kappa shape index (κ1) is 13.0. The van der Waals surface area contributed by atoms with Crippen LogP contribution in [0.2, 0.25) is 0 Å². The number of rotatable bonds is 5. The van der Waals surface area contributed by atoms with E-state index < -0.39 is 0 Å². The van der Waals surface area contributed by atoms with Gasteiger partial charge in [-0.1, -0.05) is 43.3 Å². The first-order valence-electron chi connectivity index (χ1n) is 6.14. The molecule has 0 aliphatic carbocycles. The van der Waals surface area contributed by atoms with Gasteiger partial charge >= 0.3 is 0 Å². The van der Waals surface area contributed by atoms with Crippen LogP contribution in [0.4, 0.5) is 0 Å². The highest BCUT2D eigenvalue weighted by molar-refractivity contribution is 8.02. The molecule has 18 heavy (non-hydrogen) atoms. The Morgan fingerprint density at radius 3 is 2.78 bits per heavy atom. The van der Waals surface area contributed by atoms with Crippen molar-refractivity contribution in [2.75, 3.05) is 0 Å². The predicted octanol–water partition coefficient (Wildman–Crippen LogP) is 4.70. The standard InChI is InChI=1S/C15H17NOS/c1-3-7-14-15(17-12(2)16-14)10-11-18-13-8-5-4-6-9-13/h4-6,8-11H,3,7H2,1-2H3/b11-10+. The zero-order valence-electron chi connectivity index (χ0n) is 10.7. The van der Waals surface area contributed by atoms with Crippen molar-refractivity contribution < 1.29 is 4.42 Å². The molecule has 0 unspecified atom stereocenters. The molecule has 0 amide bonds. The molecule has 2 rings (SSSR count). The summed E-state index contributed by atoms with van der Waals surface area (Å²) in [5.74, 6) is 1.63. The van der Waals surface area contributed by atoms with E-state index in [9.17, 15) is 0 Å². The van der Waals surface area contributed by atoms with Crippen LogP contribution in [0, 0.1) is 6.92 Å². The van der Waals surface area contributed by atoms with Gasteiger partial charge < -0.3 is 4.42 Å². The maximum Gasteiger partial charge on any atom is 0.192 e. The Bertz CT molecular complexity index is 517. The van der Waals surface area contributed by atoms with E-state index in [-0.39, 0.29) is 0 Å². The Balaban J connectivity index is 2.04. The number of oxazole rings is 1. The van der Waals surface area contributed by atoms with Gasteiger partial charge in [-0.2, -0.15) is 0 Å². The minimum absolute atomic E-state index is 0.739. The predicted molar refractivity (Wildman–Crippen MR) is 76.6 cm³/mol. The van der Waals surface area contributed by atoms with E-state index in [4.69, 9.17) is 4.42 Å². The molecule has 2 nitrogen and oxygen atoms in total. The zero-order chi connectivity index (χ0) is 12.8. The van der Waals surface area contributed by atoms with Crippen molar-refractivity contribution in [3.8, 4) is 0 Å². The smallest absolute Gasteiger partial charge is 0.192 e. The normalized spacial score (nSPS) is 11.2. The molecule has 0 radical (unpaired) electrons. The number of hydrogen-bond donors (Lipinski definition) is 0. The first-order chi connectivity index (χ1) is 8.79. The minimum Gasteiger partial charge on any atom is -0.441 e. The van der Waals surface area contributed by atoms with Crippen LogP contribution in [0.5, 0.6) is 0 Å². The third-order valence-corrected chi connectivity index (χ3v) is 3.30. The van der Waals surface area contributed by atoms with Gasteiger partial charge in [-0.3, -0.25) is 0 Å². The molecule has 0 saturated heterocycles. The molecule has 2 aromatic rings. The quantitative estimate of drug-likeness (QED) is 0.728. The fourth-order valence-corrected chi connectivity index (χ4v) is 2.37. The van der Waals surface area contributed by atoms with Gasteiger partial charge in [0.1, 0.15) is 0 Å². The molecule has 1 aromatic carbocycles. The Labute approximate surface area is 112 Å². The lowest BCUT2D eigenvalue weighted by Gasteiger charge is -1.94. The molecule has 1 aromatic heterocycles. The average molecular weight is 259 g/mol. The molecule has 1 heterocycles. The van der Waals surface area contributed by atoms with Crippen LogP contribution in [0.15, 0.2) is 45.1 Å². The summed E-state index contributed by atoms with van der Waals surface area (Å²) in [6, 6.07) is 10.3. The van der Waals surface area contributed by atoms with Crippen molar-refractivity contribution in [3.63, 3.8) is 0 Å². The molecular weight excluding hydrogens is 242 g/mol. The van der Waals surface area contributed by atoms with E-state index >= 15 is 0 Å². The lowest BCUT2D eigenvalue weighted by atomic mass is 10.2. The van der Waals surface area contributed by atoms with Crippen molar-refractivity contribution in [2.24, 2.45) is 0 Å². The van der Waals surface area contributed by atoms with Crippen LogP contribution >= 0.6 is 11.8 Å². The Morgan fingerprint density at radius 2 is 2.06 bits per heavy atom. The molecule has 0 aliphatic heterocycles. The number of thioether (sulfide) groups is 1. The lowest BCUT2D eigenvalue weighted by Crippen LogP contribution is -1.85. The van der Waals surface area contributed by atoms with E-state index in [1.54, 1.807) is 11.8 Å². The molecule has 0 bridgehead atoms. The SMILES string of the molecule is CCCc1nc(C)oc1/C=C/Sc1ccccc1. The molecule has 0 N–H and O–H groups in total. The van der Waals surface area contributed by atoms with Crippen LogP contribution in [0.1, 0.15) is 30.7 Å². The zero-order valence-corrected chi connectivity index (χ0v) is 11.5.